The molecule has 0 radical (unpaired) electrons. The number of aliphatic carboxylic acids is 1. The Morgan fingerprint density at radius 1 is 1.29 bits per heavy atom. The number of carboxylic acid groups (broad SMARTS) is 1. The smallest absolute Gasteiger partial charge is 0.407 e. The molecule has 0 aromatic rings. The summed E-state index contributed by atoms with van der Waals surface area (Å²) < 4.78 is 8.64. The maximum Gasteiger partial charge on any atom is 0.407 e. The first-order valence-electron chi connectivity index (χ1n) is 4.59. The zero-order valence-corrected chi connectivity index (χ0v) is 9.39. The molecule has 96 valence electrons. The molecule has 0 saturated carbocycles. The molecule has 0 aliphatic heterocycles. The highest BCUT2D eigenvalue weighted by molar-refractivity contribution is 5.92. The van der Waals surface area contributed by atoms with Gasteiger partial charge in [-0.25, -0.2) is 4.79 Å². The van der Waals surface area contributed by atoms with Crippen LogP contribution in [0.25, 0.3) is 0 Å². The van der Waals surface area contributed by atoms with E-state index in [-0.39, 0.29) is 0 Å². The number of esters is 1. The third kappa shape index (κ3) is 6.88. The van der Waals surface area contributed by atoms with Crippen molar-refractivity contribution in [1.82, 2.24) is 5.32 Å². The molecule has 0 heterocycles. The molecule has 8 heteroatoms. The van der Waals surface area contributed by atoms with Crippen LogP contribution in [0.5, 0.6) is 0 Å². The number of carbonyl (C=O) groups is 4. The van der Waals surface area contributed by atoms with E-state index < -0.39 is 42.9 Å². The molecule has 2 N–H and O–H groups in total. The van der Waals surface area contributed by atoms with Gasteiger partial charge in [-0.05, 0) is 0 Å². The highest BCUT2D eigenvalue weighted by Gasteiger charge is 2.24. The van der Waals surface area contributed by atoms with Gasteiger partial charge in [-0.3, -0.25) is 14.4 Å². The molecular formula is C9H13NO7. The van der Waals surface area contributed by atoms with Crippen LogP contribution in [0, 0.1) is 0 Å². The number of carbonyl (C=O) groups excluding carboxylic acids is 3. The maximum absolute atomic E-state index is 11.4. The number of ether oxygens (including phenoxy) is 2. The van der Waals surface area contributed by atoms with E-state index in [9.17, 15) is 19.2 Å². The lowest BCUT2D eigenvalue weighted by atomic mass is 10.1. The summed E-state index contributed by atoms with van der Waals surface area (Å²) in [6.45, 7) is 0.504. The van der Waals surface area contributed by atoms with E-state index in [4.69, 9.17) is 5.11 Å². The van der Waals surface area contributed by atoms with Crippen LogP contribution in [0.3, 0.4) is 0 Å². The van der Waals surface area contributed by atoms with E-state index in [1.165, 1.54) is 0 Å². The van der Waals surface area contributed by atoms with E-state index in [1.54, 1.807) is 0 Å². The van der Waals surface area contributed by atoms with Crippen molar-refractivity contribution in [2.45, 2.75) is 19.4 Å². The molecule has 0 aliphatic carbocycles. The van der Waals surface area contributed by atoms with E-state index in [0.717, 1.165) is 14.0 Å². The Balaban J connectivity index is 4.44. The summed E-state index contributed by atoms with van der Waals surface area (Å²) in [4.78, 5) is 43.2. The number of nitrogens with one attached hydrogen (secondary N) is 1. The summed E-state index contributed by atoms with van der Waals surface area (Å²) in [5.74, 6) is -2.68. The highest BCUT2D eigenvalue weighted by Crippen LogP contribution is 1.97. The third-order valence-electron chi connectivity index (χ3n) is 1.66. The minimum atomic E-state index is -1.29. The summed E-state index contributed by atoms with van der Waals surface area (Å²) in [6.07, 6.45) is -1.55. The van der Waals surface area contributed by atoms with Crippen LogP contribution in [-0.4, -0.2) is 48.7 Å². The van der Waals surface area contributed by atoms with Crippen LogP contribution in [-0.2, 0) is 23.9 Å². The molecule has 0 spiro atoms. The predicted octanol–water partition coefficient (Wildman–Crippen LogP) is -0.682. The van der Waals surface area contributed by atoms with Crippen LogP contribution in [0.15, 0.2) is 0 Å². The normalized spacial score (nSPS) is 11.2. The van der Waals surface area contributed by atoms with Crippen molar-refractivity contribution in [3.05, 3.63) is 0 Å². The minimum Gasteiger partial charge on any atom is -0.481 e. The molecule has 1 unspecified atom stereocenters. The van der Waals surface area contributed by atoms with Crippen LogP contribution >= 0.6 is 0 Å². The fourth-order valence-corrected chi connectivity index (χ4v) is 0.895. The van der Waals surface area contributed by atoms with Crippen molar-refractivity contribution in [2.75, 3.05) is 13.7 Å². The molecule has 8 nitrogen and oxygen atoms in total. The highest BCUT2D eigenvalue weighted by atomic mass is 16.5. The minimum absolute atomic E-state index is 0.600. The lowest BCUT2D eigenvalue weighted by Gasteiger charge is -2.14. The van der Waals surface area contributed by atoms with Crippen molar-refractivity contribution in [2.24, 2.45) is 0 Å². The first kappa shape index (κ1) is 14.9. The van der Waals surface area contributed by atoms with Crippen molar-refractivity contribution in [3.63, 3.8) is 0 Å². The van der Waals surface area contributed by atoms with Crippen LogP contribution in [0.2, 0.25) is 0 Å². The Hall–Kier alpha value is -2.12. The Morgan fingerprint density at radius 3 is 2.29 bits per heavy atom. The predicted molar refractivity (Wildman–Crippen MR) is 53.2 cm³/mol. The zero-order valence-electron chi connectivity index (χ0n) is 9.39. The number of rotatable bonds is 6. The van der Waals surface area contributed by atoms with Gasteiger partial charge < -0.3 is 19.9 Å². The number of hydrogen-bond donors (Lipinski definition) is 2. The summed E-state index contributed by atoms with van der Waals surface area (Å²) in [6, 6.07) is -1.29. The summed E-state index contributed by atoms with van der Waals surface area (Å²) in [5, 5.41) is 10.6. The second-order valence-electron chi connectivity index (χ2n) is 3.03. The van der Waals surface area contributed by atoms with Gasteiger partial charge in [0.05, 0.1) is 13.5 Å². The number of amides is 1. The van der Waals surface area contributed by atoms with Crippen LogP contribution in [0.4, 0.5) is 4.79 Å². The topological polar surface area (TPSA) is 119 Å². The molecule has 0 bridgehead atoms. The molecule has 17 heavy (non-hydrogen) atoms. The van der Waals surface area contributed by atoms with Crippen LogP contribution < -0.4 is 5.32 Å². The van der Waals surface area contributed by atoms with Gasteiger partial charge in [0.1, 0.15) is 6.04 Å². The van der Waals surface area contributed by atoms with E-state index in [2.05, 4.69) is 9.47 Å². The lowest BCUT2D eigenvalue weighted by Crippen LogP contribution is -2.44. The number of alkyl carbamates (subject to hydrolysis) is 1. The average Bonchev–Trinajstić information content (AvgIpc) is 2.23. The van der Waals surface area contributed by atoms with E-state index >= 15 is 0 Å². The van der Waals surface area contributed by atoms with Gasteiger partial charge in [-0.1, -0.05) is 0 Å². The van der Waals surface area contributed by atoms with Crippen molar-refractivity contribution >= 4 is 23.8 Å². The Kier molecular flexibility index (Phi) is 6.30. The van der Waals surface area contributed by atoms with Crippen molar-refractivity contribution < 1.29 is 33.8 Å². The Morgan fingerprint density at radius 2 is 1.88 bits per heavy atom. The lowest BCUT2D eigenvalue weighted by molar-refractivity contribution is -0.147. The summed E-state index contributed by atoms with van der Waals surface area (Å²) in [5.41, 5.74) is 0. The fourth-order valence-electron chi connectivity index (χ4n) is 0.895. The Bertz CT molecular complexity index is 325. The number of Topliss-reactive ketones (excluding diaryl/α,β-unsaturated/α-hetero) is 1. The van der Waals surface area contributed by atoms with Gasteiger partial charge in [-0.2, -0.15) is 0 Å². The quantitative estimate of drug-likeness (QED) is 0.596. The second kappa shape index (κ2) is 7.20. The average molecular weight is 247 g/mol. The van der Waals surface area contributed by atoms with Gasteiger partial charge in [0.25, 0.3) is 0 Å². The monoisotopic (exact) mass is 247 g/mol. The molecule has 0 saturated heterocycles. The number of ketones is 1. The number of hydrogen-bond acceptors (Lipinski definition) is 6. The standard InChI is InChI=1S/C9H13NO7/c1-5(11)17-4-7(12)6(3-8(13)14)10-9(15)16-2/h6H,3-4H2,1-2H3,(H,10,15)(H,13,14). The molecule has 0 fully saturated rings. The van der Waals surface area contributed by atoms with Crippen molar-refractivity contribution in [1.29, 1.82) is 0 Å². The maximum atomic E-state index is 11.4. The molecule has 0 aromatic heterocycles. The van der Waals surface area contributed by atoms with Gasteiger partial charge in [0.2, 0.25) is 0 Å². The zero-order chi connectivity index (χ0) is 13.4. The van der Waals surface area contributed by atoms with Gasteiger partial charge in [0.15, 0.2) is 12.4 Å². The largest absolute Gasteiger partial charge is 0.481 e. The SMILES string of the molecule is COC(=O)NC(CC(=O)O)C(=O)COC(C)=O. The van der Waals surface area contributed by atoms with E-state index in [0.29, 0.717) is 0 Å². The fraction of sp³-hybridized carbons (Fsp3) is 0.556. The molecule has 0 aliphatic rings. The molecule has 0 rings (SSSR count). The van der Waals surface area contributed by atoms with E-state index in [1.807, 2.05) is 5.32 Å². The van der Waals surface area contributed by atoms with Gasteiger partial charge in [0, 0.05) is 6.92 Å². The molecule has 1 amide bonds. The first-order chi connectivity index (χ1) is 7.86. The molecule has 0 aromatic carbocycles. The molecule has 1 atom stereocenters. The van der Waals surface area contributed by atoms with Gasteiger partial charge in [-0.15, -0.1) is 0 Å². The summed E-state index contributed by atoms with van der Waals surface area (Å²) >= 11 is 0. The van der Waals surface area contributed by atoms with Gasteiger partial charge >= 0.3 is 18.0 Å². The summed E-state index contributed by atoms with van der Waals surface area (Å²) in [7, 11) is 1.07. The number of carboxylic acids is 1. The third-order valence-corrected chi connectivity index (χ3v) is 1.66. The van der Waals surface area contributed by atoms with Crippen molar-refractivity contribution in [3.8, 4) is 0 Å². The van der Waals surface area contributed by atoms with Crippen LogP contribution in [0.1, 0.15) is 13.3 Å². The first-order valence-corrected chi connectivity index (χ1v) is 4.59. The Labute approximate surface area is 96.9 Å². The molecular weight excluding hydrogens is 234 g/mol. The number of methoxy groups -OCH3 is 1. The second-order valence-corrected chi connectivity index (χ2v) is 3.03.